The molecule has 166 valence electrons. The van der Waals surface area contributed by atoms with E-state index in [1.54, 1.807) is 0 Å². The van der Waals surface area contributed by atoms with Gasteiger partial charge in [-0.3, -0.25) is 4.98 Å². The molecule has 0 aliphatic carbocycles. The summed E-state index contributed by atoms with van der Waals surface area (Å²) in [6.45, 7) is 0. The van der Waals surface area contributed by atoms with Gasteiger partial charge in [-0.15, -0.1) is 0 Å². The van der Waals surface area contributed by atoms with Gasteiger partial charge in [0.1, 0.15) is 12.1 Å². The number of hydrogen-bond acceptors (Lipinski definition) is 5. The van der Waals surface area contributed by atoms with E-state index in [2.05, 4.69) is 20.3 Å². The van der Waals surface area contributed by atoms with E-state index in [-0.39, 0.29) is 28.1 Å². The highest BCUT2D eigenvalue weighted by Crippen LogP contribution is 2.38. The van der Waals surface area contributed by atoms with Gasteiger partial charge in [-0.25, -0.2) is 9.97 Å². The molecule has 0 spiro atoms. The van der Waals surface area contributed by atoms with Gasteiger partial charge in [0.2, 0.25) is 0 Å². The molecular formula is C22H11F6N5. The first-order valence-corrected chi connectivity index (χ1v) is 9.23. The summed E-state index contributed by atoms with van der Waals surface area (Å²) < 4.78 is 78.7. The number of hydrogen-bond donors (Lipinski definition) is 1. The highest BCUT2D eigenvalue weighted by atomic mass is 19.4. The fraction of sp³-hybridized carbons (Fsp3) is 0.0909. The molecule has 2 aromatic heterocycles. The number of nitrogens with one attached hydrogen (secondary N) is 1. The lowest BCUT2D eigenvalue weighted by Gasteiger charge is -2.14. The Hall–Kier alpha value is -4.20. The van der Waals surface area contributed by atoms with Crippen LogP contribution in [0.4, 0.5) is 37.8 Å². The van der Waals surface area contributed by atoms with Crippen LogP contribution in [0.5, 0.6) is 0 Å². The summed E-state index contributed by atoms with van der Waals surface area (Å²) in [6.07, 6.45) is -6.84. The van der Waals surface area contributed by atoms with Gasteiger partial charge in [-0.2, -0.15) is 31.6 Å². The largest absolute Gasteiger partial charge is 0.418 e. The first-order chi connectivity index (χ1) is 15.6. The average molecular weight is 459 g/mol. The SMILES string of the molecule is N#Cc1cc2c(Nc3ccc(C(F)(F)F)cc3)ncnc2cc1-c1ncccc1C(F)(F)F. The van der Waals surface area contributed by atoms with Crippen LogP contribution >= 0.6 is 0 Å². The molecule has 0 amide bonds. The van der Waals surface area contributed by atoms with Crippen molar-refractivity contribution in [1.82, 2.24) is 15.0 Å². The Bertz CT molecular complexity index is 1370. The number of nitrogens with zero attached hydrogens (tertiary/aromatic N) is 4. The van der Waals surface area contributed by atoms with E-state index in [0.717, 1.165) is 30.6 Å². The normalized spacial score (nSPS) is 11.9. The standard InChI is InChI=1S/C22H11F6N5/c23-21(24,25)13-3-5-14(6-4-13)33-20-16-8-12(10-29)15(9-18(16)31-11-32-20)19-17(22(26,27)28)2-1-7-30-19/h1-9,11H,(H,31,32,33). The Labute approximate surface area is 182 Å². The number of nitriles is 1. The molecule has 0 saturated carbocycles. The predicted octanol–water partition coefficient (Wildman–Crippen LogP) is 6.34. The zero-order chi connectivity index (χ0) is 23.8. The lowest BCUT2D eigenvalue weighted by molar-refractivity contribution is -0.138. The lowest BCUT2D eigenvalue weighted by atomic mass is 9.98. The zero-order valence-corrected chi connectivity index (χ0v) is 16.3. The fourth-order valence-corrected chi connectivity index (χ4v) is 3.22. The molecule has 0 aliphatic heterocycles. The van der Waals surface area contributed by atoms with Gasteiger partial charge < -0.3 is 5.32 Å². The highest BCUT2D eigenvalue weighted by molar-refractivity contribution is 5.95. The third-order valence-corrected chi connectivity index (χ3v) is 4.74. The van der Waals surface area contributed by atoms with Crippen LogP contribution in [0, 0.1) is 11.3 Å². The molecule has 0 radical (unpaired) electrons. The fourth-order valence-electron chi connectivity index (χ4n) is 3.22. The second-order valence-electron chi connectivity index (χ2n) is 6.85. The van der Waals surface area contributed by atoms with E-state index in [4.69, 9.17) is 0 Å². The molecule has 0 fully saturated rings. The van der Waals surface area contributed by atoms with Crippen LogP contribution in [0.3, 0.4) is 0 Å². The molecule has 33 heavy (non-hydrogen) atoms. The summed E-state index contributed by atoms with van der Waals surface area (Å²) in [6, 6.07) is 10.7. The molecule has 0 saturated heterocycles. The molecule has 2 aromatic carbocycles. The van der Waals surface area contributed by atoms with E-state index in [1.807, 2.05) is 6.07 Å². The maximum Gasteiger partial charge on any atom is 0.418 e. The summed E-state index contributed by atoms with van der Waals surface area (Å²) in [4.78, 5) is 12.0. The first-order valence-electron chi connectivity index (χ1n) is 9.23. The molecule has 5 nitrogen and oxygen atoms in total. The Morgan fingerprint density at radius 1 is 0.848 bits per heavy atom. The Balaban J connectivity index is 1.80. The van der Waals surface area contributed by atoms with Gasteiger partial charge in [0.15, 0.2) is 0 Å². The monoisotopic (exact) mass is 459 g/mol. The summed E-state index contributed by atoms with van der Waals surface area (Å²) in [5.41, 5.74) is -1.90. The number of alkyl halides is 6. The van der Waals surface area contributed by atoms with Crippen LogP contribution in [0.15, 0.2) is 61.1 Å². The molecular weight excluding hydrogens is 448 g/mol. The average Bonchev–Trinajstić information content (AvgIpc) is 2.77. The quantitative estimate of drug-likeness (QED) is 0.362. The van der Waals surface area contributed by atoms with Gasteiger partial charge in [0.25, 0.3) is 0 Å². The number of aromatic nitrogens is 3. The summed E-state index contributed by atoms with van der Waals surface area (Å²) >= 11 is 0. The molecule has 1 N–H and O–H groups in total. The second-order valence-corrected chi connectivity index (χ2v) is 6.85. The number of fused-ring (bicyclic) bond motifs is 1. The van der Waals surface area contributed by atoms with Crippen molar-refractivity contribution in [2.45, 2.75) is 12.4 Å². The second kappa shape index (κ2) is 8.05. The van der Waals surface area contributed by atoms with Gasteiger partial charge in [-0.05, 0) is 48.5 Å². The summed E-state index contributed by atoms with van der Waals surface area (Å²) in [5, 5.41) is 12.7. The van der Waals surface area contributed by atoms with E-state index in [0.29, 0.717) is 5.39 Å². The Kier molecular flexibility index (Phi) is 5.37. The number of pyridine rings is 1. The number of benzene rings is 2. The maximum absolute atomic E-state index is 13.5. The molecule has 0 bridgehead atoms. The van der Waals surface area contributed by atoms with Crippen LogP contribution in [0.25, 0.3) is 22.2 Å². The summed E-state index contributed by atoms with van der Waals surface area (Å²) in [5.74, 6) is 0.167. The third kappa shape index (κ3) is 4.41. The molecule has 4 aromatic rings. The molecule has 4 rings (SSSR count). The predicted molar refractivity (Wildman–Crippen MR) is 107 cm³/mol. The van der Waals surface area contributed by atoms with Gasteiger partial charge >= 0.3 is 12.4 Å². The summed E-state index contributed by atoms with van der Waals surface area (Å²) in [7, 11) is 0. The van der Waals surface area contributed by atoms with Crippen molar-refractivity contribution in [3.8, 4) is 17.3 Å². The molecule has 2 heterocycles. The van der Waals surface area contributed by atoms with Crippen molar-refractivity contribution >= 4 is 22.4 Å². The van der Waals surface area contributed by atoms with Crippen LogP contribution < -0.4 is 5.32 Å². The Morgan fingerprint density at radius 2 is 1.58 bits per heavy atom. The van der Waals surface area contributed by atoms with Crippen molar-refractivity contribution < 1.29 is 26.3 Å². The van der Waals surface area contributed by atoms with Gasteiger partial charge in [0.05, 0.1) is 34.0 Å². The lowest BCUT2D eigenvalue weighted by Crippen LogP contribution is -2.09. The number of anilines is 2. The van der Waals surface area contributed by atoms with E-state index < -0.39 is 29.2 Å². The van der Waals surface area contributed by atoms with Gasteiger partial charge in [-0.1, -0.05) is 0 Å². The van der Waals surface area contributed by atoms with Crippen molar-refractivity contribution in [3.05, 3.63) is 77.7 Å². The van der Waals surface area contributed by atoms with Crippen molar-refractivity contribution in [2.24, 2.45) is 0 Å². The third-order valence-electron chi connectivity index (χ3n) is 4.74. The minimum Gasteiger partial charge on any atom is -0.340 e. The van der Waals surface area contributed by atoms with Crippen LogP contribution in [0.1, 0.15) is 16.7 Å². The minimum atomic E-state index is -4.69. The van der Waals surface area contributed by atoms with E-state index in [9.17, 15) is 31.6 Å². The maximum atomic E-state index is 13.5. The molecule has 0 aliphatic rings. The number of halogens is 6. The molecule has 0 unspecified atom stereocenters. The molecule has 0 atom stereocenters. The van der Waals surface area contributed by atoms with Gasteiger partial charge in [0, 0.05) is 22.8 Å². The topological polar surface area (TPSA) is 74.5 Å². The van der Waals surface area contributed by atoms with E-state index in [1.165, 1.54) is 30.5 Å². The zero-order valence-electron chi connectivity index (χ0n) is 16.3. The highest BCUT2D eigenvalue weighted by Gasteiger charge is 2.35. The van der Waals surface area contributed by atoms with Crippen molar-refractivity contribution in [2.75, 3.05) is 5.32 Å². The minimum absolute atomic E-state index is 0.0582. The molecule has 11 heteroatoms. The smallest absolute Gasteiger partial charge is 0.340 e. The first kappa shape index (κ1) is 22.0. The van der Waals surface area contributed by atoms with Crippen LogP contribution in [-0.2, 0) is 12.4 Å². The van der Waals surface area contributed by atoms with Crippen LogP contribution in [-0.4, -0.2) is 15.0 Å². The van der Waals surface area contributed by atoms with Crippen molar-refractivity contribution in [3.63, 3.8) is 0 Å². The Morgan fingerprint density at radius 3 is 2.21 bits per heavy atom. The van der Waals surface area contributed by atoms with Crippen molar-refractivity contribution in [1.29, 1.82) is 5.26 Å². The van der Waals surface area contributed by atoms with E-state index >= 15 is 0 Å². The van der Waals surface area contributed by atoms with Crippen LogP contribution in [0.2, 0.25) is 0 Å². The number of rotatable bonds is 3.